The van der Waals surface area contributed by atoms with Crippen LogP contribution in [0.25, 0.3) is 10.9 Å². The molecule has 20 heavy (non-hydrogen) atoms. The normalized spacial score (nSPS) is 18.4. The number of aromatic nitrogens is 1. The number of hydrogen-bond donors (Lipinski definition) is 0. The van der Waals surface area contributed by atoms with Crippen molar-refractivity contribution in [1.82, 2.24) is 4.98 Å². The molecule has 1 aromatic carbocycles. The number of pyridine rings is 1. The highest BCUT2D eigenvalue weighted by molar-refractivity contribution is 7.91. The van der Waals surface area contributed by atoms with Crippen molar-refractivity contribution in [2.24, 2.45) is 0 Å². The molecule has 0 amide bonds. The molecule has 0 atom stereocenters. The summed E-state index contributed by atoms with van der Waals surface area (Å²) in [4.78, 5) is 6.80. The van der Waals surface area contributed by atoms with E-state index in [0.29, 0.717) is 13.1 Å². The predicted molar refractivity (Wildman–Crippen MR) is 82.0 cm³/mol. The van der Waals surface area contributed by atoms with E-state index < -0.39 is 9.84 Å². The van der Waals surface area contributed by atoms with Gasteiger partial charge in [0.1, 0.15) is 0 Å². The highest BCUT2D eigenvalue weighted by Gasteiger charge is 2.23. The Kier molecular flexibility index (Phi) is 3.38. The number of nitrogens with zero attached hydrogens (tertiary/aromatic N) is 2. The van der Waals surface area contributed by atoms with Gasteiger partial charge < -0.3 is 4.90 Å². The number of aryl methyl sites for hydroxylation is 1. The van der Waals surface area contributed by atoms with Crippen molar-refractivity contribution in [3.63, 3.8) is 0 Å². The molecule has 3 rings (SSSR count). The van der Waals surface area contributed by atoms with Gasteiger partial charge in [-0.05, 0) is 18.6 Å². The zero-order valence-electron chi connectivity index (χ0n) is 11.5. The molecule has 4 nitrogen and oxygen atoms in total. The number of anilines is 1. The van der Waals surface area contributed by atoms with E-state index in [2.05, 4.69) is 28.9 Å². The molecule has 0 radical (unpaired) electrons. The average Bonchev–Trinajstić information content (AvgIpc) is 2.46. The summed E-state index contributed by atoms with van der Waals surface area (Å²) in [7, 11) is -2.85. The van der Waals surface area contributed by atoms with Gasteiger partial charge in [0.05, 0.1) is 17.0 Å². The fourth-order valence-electron chi connectivity index (χ4n) is 2.61. The van der Waals surface area contributed by atoms with Crippen LogP contribution in [0.15, 0.2) is 30.3 Å². The Bertz CT molecular complexity index is 727. The van der Waals surface area contributed by atoms with Gasteiger partial charge in [-0.25, -0.2) is 8.42 Å². The zero-order chi connectivity index (χ0) is 14.2. The molecule has 5 heteroatoms. The smallest absolute Gasteiger partial charge is 0.153 e. The average molecular weight is 290 g/mol. The first-order chi connectivity index (χ1) is 9.59. The molecule has 0 bridgehead atoms. The maximum atomic E-state index is 11.6. The second-order valence-electron chi connectivity index (χ2n) is 5.14. The molecule has 0 N–H and O–H groups in total. The molecule has 106 valence electrons. The largest absolute Gasteiger partial charge is 0.369 e. The topological polar surface area (TPSA) is 50.3 Å². The SMILES string of the molecule is CCc1cc(N2CCS(=O)(=O)CC2)c2ccccc2n1. The fourth-order valence-corrected chi connectivity index (χ4v) is 3.81. The summed E-state index contributed by atoms with van der Waals surface area (Å²) in [5.41, 5.74) is 3.14. The summed E-state index contributed by atoms with van der Waals surface area (Å²) < 4.78 is 23.2. The van der Waals surface area contributed by atoms with Crippen molar-refractivity contribution in [2.75, 3.05) is 29.5 Å². The first-order valence-electron chi connectivity index (χ1n) is 6.93. The van der Waals surface area contributed by atoms with Crippen molar-refractivity contribution in [2.45, 2.75) is 13.3 Å². The molecule has 1 aliphatic heterocycles. The van der Waals surface area contributed by atoms with Gasteiger partial charge in [-0.3, -0.25) is 4.98 Å². The van der Waals surface area contributed by atoms with Gasteiger partial charge in [0.25, 0.3) is 0 Å². The molecule has 0 unspecified atom stereocenters. The third-order valence-corrected chi connectivity index (χ3v) is 5.40. The number of fused-ring (bicyclic) bond motifs is 1. The van der Waals surface area contributed by atoms with Gasteiger partial charge >= 0.3 is 0 Å². The van der Waals surface area contributed by atoms with E-state index in [1.807, 2.05) is 18.2 Å². The van der Waals surface area contributed by atoms with Crippen molar-refractivity contribution in [3.05, 3.63) is 36.0 Å². The molecule has 1 aromatic heterocycles. The third kappa shape index (κ3) is 2.50. The van der Waals surface area contributed by atoms with Crippen LogP contribution in [-0.4, -0.2) is 38.0 Å². The summed E-state index contributed by atoms with van der Waals surface area (Å²) in [6, 6.07) is 10.2. The first-order valence-corrected chi connectivity index (χ1v) is 8.75. The standard InChI is InChI=1S/C15H18N2O2S/c1-2-12-11-15(13-5-3-4-6-14(13)16-12)17-7-9-20(18,19)10-8-17/h3-6,11H,2,7-10H2,1H3. The van der Waals surface area contributed by atoms with Gasteiger partial charge in [-0.2, -0.15) is 0 Å². The molecular weight excluding hydrogens is 272 g/mol. The minimum absolute atomic E-state index is 0.241. The maximum absolute atomic E-state index is 11.6. The predicted octanol–water partition coefficient (Wildman–Crippen LogP) is 2.03. The molecule has 2 aromatic rings. The van der Waals surface area contributed by atoms with Crippen molar-refractivity contribution >= 4 is 26.4 Å². The zero-order valence-corrected chi connectivity index (χ0v) is 12.4. The second kappa shape index (κ2) is 5.05. The van der Waals surface area contributed by atoms with Crippen LogP contribution in [0.1, 0.15) is 12.6 Å². The number of benzene rings is 1. The lowest BCUT2D eigenvalue weighted by Crippen LogP contribution is -2.40. The lowest BCUT2D eigenvalue weighted by molar-refractivity contribution is 0.587. The van der Waals surface area contributed by atoms with Crippen molar-refractivity contribution in [1.29, 1.82) is 0 Å². The monoisotopic (exact) mass is 290 g/mol. The number of rotatable bonds is 2. The Hall–Kier alpha value is -1.62. The van der Waals surface area contributed by atoms with Crippen LogP contribution in [0.4, 0.5) is 5.69 Å². The van der Waals surface area contributed by atoms with Gasteiger partial charge in [0, 0.05) is 29.9 Å². The van der Waals surface area contributed by atoms with Crippen LogP contribution >= 0.6 is 0 Å². The van der Waals surface area contributed by atoms with E-state index in [9.17, 15) is 8.42 Å². The first kappa shape index (κ1) is 13.4. The number of hydrogen-bond acceptors (Lipinski definition) is 4. The Morgan fingerprint density at radius 3 is 2.60 bits per heavy atom. The lowest BCUT2D eigenvalue weighted by Gasteiger charge is -2.30. The Balaban J connectivity index is 2.06. The molecule has 0 aliphatic carbocycles. The van der Waals surface area contributed by atoms with Crippen LogP contribution in [0.3, 0.4) is 0 Å². The van der Waals surface area contributed by atoms with E-state index in [1.165, 1.54) is 0 Å². The third-order valence-electron chi connectivity index (χ3n) is 3.79. The van der Waals surface area contributed by atoms with Gasteiger partial charge in [0.15, 0.2) is 9.84 Å². The molecule has 1 aliphatic rings. The van der Waals surface area contributed by atoms with Gasteiger partial charge in [-0.15, -0.1) is 0 Å². The van der Waals surface area contributed by atoms with Gasteiger partial charge in [-0.1, -0.05) is 25.1 Å². The van der Waals surface area contributed by atoms with Crippen LogP contribution in [0, 0.1) is 0 Å². The van der Waals surface area contributed by atoms with E-state index in [4.69, 9.17) is 0 Å². The molecule has 2 heterocycles. The van der Waals surface area contributed by atoms with E-state index in [-0.39, 0.29) is 11.5 Å². The summed E-state index contributed by atoms with van der Waals surface area (Å²) in [5, 5.41) is 1.10. The lowest BCUT2D eigenvalue weighted by atomic mass is 10.1. The van der Waals surface area contributed by atoms with E-state index >= 15 is 0 Å². The number of para-hydroxylation sites is 1. The summed E-state index contributed by atoms with van der Waals surface area (Å²) >= 11 is 0. The Morgan fingerprint density at radius 1 is 1.20 bits per heavy atom. The molecule has 0 saturated carbocycles. The van der Waals surface area contributed by atoms with Gasteiger partial charge in [0.2, 0.25) is 0 Å². The number of sulfone groups is 1. The van der Waals surface area contributed by atoms with Crippen molar-refractivity contribution < 1.29 is 8.42 Å². The summed E-state index contributed by atoms with van der Waals surface area (Å²) in [6.07, 6.45) is 0.879. The summed E-state index contributed by atoms with van der Waals surface area (Å²) in [5.74, 6) is 0.482. The maximum Gasteiger partial charge on any atom is 0.153 e. The minimum atomic E-state index is -2.85. The van der Waals surface area contributed by atoms with Crippen LogP contribution in [-0.2, 0) is 16.3 Å². The van der Waals surface area contributed by atoms with E-state index in [0.717, 1.165) is 28.7 Å². The van der Waals surface area contributed by atoms with E-state index in [1.54, 1.807) is 0 Å². The Labute approximate surface area is 119 Å². The second-order valence-corrected chi connectivity index (χ2v) is 7.45. The highest BCUT2D eigenvalue weighted by Crippen LogP contribution is 2.28. The quantitative estimate of drug-likeness (QED) is 0.849. The molecule has 1 fully saturated rings. The van der Waals surface area contributed by atoms with Crippen LogP contribution in [0.2, 0.25) is 0 Å². The molecular formula is C15H18N2O2S. The van der Waals surface area contributed by atoms with Crippen LogP contribution in [0.5, 0.6) is 0 Å². The minimum Gasteiger partial charge on any atom is -0.369 e. The molecule has 1 saturated heterocycles. The molecule has 0 spiro atoms. The Morgan fingerprint density at radius 2 is 1.90 bits per heavy atom. The van der Waals surface area contributed by atoms with Crippen LogP contribution < -0.4 is 4.90 Å². The fraction of sp³-hybridized carbons (Fsp3) is 0.400. The van der Waals surface area contributed by atoms with Crippen molar-refractivity contribution in [3.8, 4) is 0 Å². The highest BCUT2D eigenvalue weighted by atomic mass is 32.2. The summed E-state index contributed by atoms with van der Waals surface area (Å²) in [6.45, 7) is 3.22.